The SMILES string of the molecule is CCS(=O)(=O)N1Cc2ccccc2C[C@H]1C(=O)NCc1ccc(N2CCOCC2)nc1. The molecule has 2 aliphatic heterocycles. The lowest BCUT2D eigenvalue weighted by molar-refractivity contribution is -0.125. The molecular formula is C22H28N4O4S. The molecule has 1 aromatic carbocycles. The van der Waals surface area contributed by atoms with Gasteiger partial charge in [-0.1, -0.05) is 30.3 Å². The van der Waals surface area contributed by atoms with E-state index in [-0.39, 0.29) is 18.2 Å². The van der Waals surface area contributed by atoms with Gasteiger partial charge in [-0.2, -0.15) is 4.31 Å². The molecule has 166 valence electrons. The maximum atomic E-state index is 13.0. The maximum Gasteiger partial charge on any atom is 0.239 e. The standard InChI is InChI=1S/C22H28N4O4S/c1-2-31(28,29)26-16-19-6-4-3-5-18(19)13-20(26)22(27)24-15-17-7-8-21(23-14-17)25-9-11-30-12-10-25/h3-8,14,20H,2,9-13,15-16H2,1H3,(H,24,27)/t20-/m0/s1. The number of morpholine rings is 1. The molecule has 31 heavy (non-hydrogen) atoms. The van der Waals surface area contributed by atoms with Crippen LogP contribution in [0.4, 0.5) is 5.82 Å². The second kappa shape index (κ2) is 9.33. The number of hydrogen-bond acceptors (Lipinski definition) is 6. The van der Waals surface area contributed by atoms with E-state index in [2.05, 4.69) is 15.2 Å². The van der Waals surface area contributed by atoms with Gasteiger partial charge in [0, 0.05) is 32.4 Å². The van der Waals surface area contributed by atoms with Crippen LogP contribution >= 0.6 is 0 Å². The van der Waals surface area contributed by atoms with Crippen molar-refractivity contribution in [2.24, 2.45) is 0 Å². The fourth-order valence-electron chi connectivity index (χ4n) is 3.99. The molecule has 3 heterocycles. The minimum atomic E-state index is -3.51. The third-order valence-electron chi connectivity index (χ3n) is 5.84. The molecular weight excluding hydrogens is 416 g/mol. The number of carbonyl (C=O) groups excluding carboxylic acids is 1. The molecule has 8 nitrogen and oxygen atoms in total. The normalized spacial score (nSPS) is 19.6. The number of benzene rings is 1. The average Bonchev–Trinajstić information content (AvgIpc) is 2.82. The minimum absolute atomic E-state index is 0.0358. The van der Waals surface area contributed by atoms with Gasteiger partial charge in [0.2, 0.25) is 15.9 Å². The number of hydrogen-bond donors (Lipinski definition) is 1. The summed E-state index contributed by atoms with van der Waals surface area (Å²) in [4.78, 5) is 19.7. The second-order valence-corrected chi connectivity index (χ2v) is 9.99. The Morgan fingerprint density at radius 2 is 1.90 bits per heavy atom. The summed E-state index contributed by atoms with van der Waals surface area (Å²) in [6.07, 6.45) is 2.12. The lowest BCUT2D eigenvalue weighted by Crippen LogP contribution is -2.52. The van der Waals surface area contributed by atoms with Crippen molar-refractivity contribution in [1.82, 2.24) is 14.6 Å². The van der Waals surface area contributed by atoms with Crippen LogP contribution in [0.3, 0.4) is 0 Å². The Morgan fingerprint density at radius 3 is 2.58 bits per heavy atom. The van der Waals surface area contributed by atoms with E-state index >= 15 is 0 Å². The number of pyridine rings is 1. The third-order valence-corrected chi connectivity index (χ3v) is 7.67. The number of fused-ring (bicyclic) bond motifs is 1. The molecule has 1 amide bonds. The molecule has 0 aliphatic carbocycles. The van der Waals surface area contributed by atoms with Gasteiger partial charge >= 0.3 is 0 Å². The Kier molecular flexibility index (Phi) is 6.54. The Hall–Kier alpha value is -2.49. The van der Waals surface area contributed by atoms with Gasteiger partial charge in [0.1, 0.15) is 11.9 Å². The van der Waals surface area contributed by atoms with Crippen LogP contribution in [0.25, 0.3) is 0 Å². The summed E-state index contributed by atoms with van der Waals surface area (Å²) in [5, 5.41) is 2.91. The van der Waals surface area contributed by atoms with Crippen LogP contribution < -0.4 is 10.2 Å². The van der Waals surface area contributed by atoms with E-state index < -0.39 is 16.1 Å². The van der Waals surface area contributed by atoms with E-state index in [4.69, 9.17) is 4.74 Å². The average molecular weight is 445 g/mol. The van der Waals surface area contributed by atoms with Crippen LogP contribution in [0.5, 0.6) is 0 Å². The molecule has 2 aromatic rings. The zero-order valence-electron chi connectivity index (χ0n) is 17.7. The molecule has 1 N–H and O–H groups in total. The summed E-state index contributed by atoms with van der Waals surface area (Å²) in [5.74, 6) is 0.567. The number of ether oxygens (including phenoxy) is 1. The first kappa shape index (κ1) is 21.7. The molecule has 0 saturated carbocycles. The summed E-state index contributed by atoms with van der Waals surface area (Å²) in [6, 6.07) is 10.8. The van der Waals surface area contributed by atoms with Gasteiger partial charge in [0.25, 0.3) is 0 Å². The topological polar surface area (TPSA) is 91.8 Å². The number of carbonyl (C=O) groups is 1. The molecule has 0 unspecified atom stereocenters. The number of aromatic nitrogens is 1. The quantitative estimate of drug-likeness (QED) is 0.722. The number of amides is 1. The number of nitrogens with zero attached hydrogens (tertiary/aromatic N) is 3. The molecule has 4 rings (SSSR count). The van der Waals surface area contributed by atoms with Gasteiger partial charge in [-0.25, -0.2) is 13.4 Å². The van der Waals surface area contributed by atoms with E-state index in [0.717, 1.165) is 35.6 Å². The number of anilines is 1. The lowest BCUT2D eigenvalue weighted by Gasteiger charge is -2.34. The Labute approximate surface area is 183 Å². The monoisotopic (exact) mass is 444 g/mol. The highest BCUT2D eigenvalue weighted by Crippen LogP contribution is 2.26. The molecule has 2 aliphatic rings. The summed E-state index contributed by atoms with van der Waals surface area (Å²) in [5.41, 5.74) is 2.83. The molecule has 0 radical (unpaired) electrons. The minimum Gasteiger partial charge on any atom is -0.378 e. The molecule has 9 heteroatoms. The Morgan fingerprint density at radius 1 is 1.16 bits per heavy atom. The van der Waals surface area contributed by atoms with Gasteiger partial charge in [-0.05, 0) is 36.1 Å². The van der Waals surface area contributed by atoms with E-state index in [1.165, 1.54) is 4.31 Å². The summed E-state index contributed by atoms with van der Waals surface area (Å²) < 4.78 is 32.0. The molecule has 1 aromatic heterocycles. The molecule has 1 fully saturated rings. The highest BCUT2D eigenvalue weighted by atomic mass is 32.2. The molecule has 1 atom stereocenters. The van der Waals surface area contributed by atoms with Crippen molar-refractivity contribution in [3.63, 3.8) is 0 Å². The number of nitrogens with one attached hydrogen (secondary N) is 1. The van der Waals surface area contributed by atoms with Crippen molar-refractivity contribution in [3.05, 3.63) is 59.3 Å². The first-order chi connectivity index (χ1) is 15.0. The Bertz CT molecular complexity index is 1020. The highest BCUT2D eigenvalue weighted by molar-refractivity contribution is 7.89. The van der Waals surface area contributed by atoms with Crippen LogP contribution in [0.1, 0.15) is 23.6 Å². The lowest BCUT2D eigenvalue weighted by atomic mass is 9.95. The molecule has 1 saturated heterocycles. The van der Waals surface area contributed by atoms with Crippen molar-refractivity contribution in [2.45, 2.75) is 32.5 Å². The first-order valence-electron chi connectivity index (χ1n) is 10.6. The van der Waals surface area contributed by atoms with Gasteiger partial charge in [-0.15, -0.1) is 0 Å². The van der Waals surface area contributed by atoms with Crippen LogP contribution in [-0.4, -0.2) is 61.7 Å². The predicted molar refractivity (Wildman–Crippen MR) is 118 cm³/mol. The van der Waals surface area contributed by atoms with E-state index in [1.54, 1.807) is 13.1 Å². The maximum absolute atomic E-state index is 13.0. The van der Waals surface area contributed by atoms with E-state index in [0.29, 0.717) is 26.2 Å². The van der Waals surface area contributed by atoms with E-state index in [9.17, 15) is 13.2 Å². The highest BCUT2D eigenvalue weighted by Gasteiger charge is 2.37. The summed E-state index contributed by atoms with van der Waals surface area (Å²) in [6.45, 7) is 5.14. The fourth-order valence-corrected chi connectivity index (χ4v) is 5.21. The fraction of sp³-hybridized carbons (Fsp3) is 0.455. The van der Waals surface area contributed by atoms with Gasteiger partial charge < -0.3 is 15.0 Å². The third kappa shape index (κ3) is 4.89. The first-order valence-corrected chi connectivity index (χ1v) is 12.2. The Balaban J connectivity index is 1.44. The predicted octanol–water partition coefficient (Wildman–Crippen LogP) is 1.31. The zero-order valence-corrected chi connectivity index (χ0v) is 18.5. The largest absolute Gasteiger partial charge is 0.378 e. The van der Waals surface area contributed by atoms with Gasteiger partial charge in [-0.3, -0.25) is 4.79 Å². The van der Waals surface area contributed by atoms with Crippen molar-refractivity contribution in [3.8, 4) is 0 Å². The number of sulfonamides is 1. The second-order valence-electron chi connectivity index (χ2n) is 7.78. The smallest absolute Gasteiger partial charge is 0.239 e. The summed E-state index contributed by atoms with van der Waals surface area (Å²) >= 11 is 0. The van der Waals surface area contributed by atoms with Gasteiger partial charge in [0.15, 0.2) is 0 Å². The van der Waals surface area contributed by atoms with Crippen LogP contribution in [-0.2, 0) is 39.1 Å². The van der Waals surface area contributed by atoms with Crippen molar-refractivity contribution < 1.29 is 17.9 Å². The molecule has 0 bridgehead atoms. The van der Waals surface area contributed by atoms with Crippen LogP contribution in [0.15, 0.2) is 42.6 Å². The van der Waals surface area contributed by atoms with Crippen molar-refractivity contribution >= 4 is 21.7 Å². The number of rotatable bonds is 6. The molecule has 0 spiro atoms. The van der Waals surface area contributed by atoms with Crippen LogP contribution in [0.2, 0.25) is 0 Å². The summed E-state index contributed by atoms with van der Waals surface area (Å²) in [7, 11) is -3.51. The van der Waals surface area contributed by atoms with Crippen molar-refractivity contribution in [1.29, 1.82) is 0 Å². The van der Waals surface area contributed by atoms with E-state index in [1.807, 2.05) is 36.4 Å². The van der Waals surface area contributed by atoms with Gasteiger partial charge in [0.05, 0.1) is 19.0 Å². The van der Waals surface area contributed by atoms with Crippen LogP contribution in [0, 0.1) is 0 Å². The zero-order chi connectivity index (χ0) is 21.8. The van der Waals surface area contributed by atoms with Crippen molar-refractivity contribution in [2.75, 3.05) is 37.0 Å².